The van der Waals surface area contributed by atoms with Gasteiger partial charge in [0.2, 0.25) is 9.84 Å². The number of thioether (sulfide) groups is 1. The van der Waals surface area contributed by atoms with Crippen LogP contribution in [0, 0.1) is 10.1 Å². The standard InChI is InChI=1S/C19H16BrN3O4S2/c20-13-8-6-12(7-9-13)15-16(23(24)25)19-22(10-11-28-19)18(21)17(15)29(26,27)14-4-2-1-3-5-14/h1-9,15H,10-11,21H2. The van der Waals surface area contributed by atoms with Gasteiger partial charge in [-0.1, -0.05) is 58.0 Å². The highest BCUT2D eigenvalue weighted by Crippen LogP contribution is 2.49. The lowest BCUT2D eigenvalue weighted by atomic mass is 9.93. The van der Waals surface area contributed by atoms with Crippen LogP contribution in [-0.2, 0) is 9.84 Å². The van der Waals surface area contributed by atoms with Crippen LogP contribution in [0.1, 0.15) is 11.5 Å². The first kappa shape index (κ1) is 20.0. The Labute approximate surface area is 180 Å². The summed E-state index contributed by atoms with van der Waals surface area (Å²) in [6.45, 7) is 0.421. The van der Waals surface area contributed by atoms with E-state index in [1.165, 1.54) is 23.9 Å². The van der Waals surface area contributed by atoms with E-state index in [1.54, 1.807) is 47.4 Å². The number of benzene rings is 2. The highest BCUT2D eigenvalue weighted by atomic mass is 79.9. The fraction of sp³-hybridized carbons (Fsp3) is 0.158. The first-order valence-corrected chi connectivity index (χ1v) is 11.9. The number of fused-ring (bicyclic) bond motifs is 1. The van der Waals surface area contributed by atoms with Gasteiger partial charge in [0.25, 0.3) is 5.70 Å². The molecule has 2 aliphatic rings. The van der Waals surface area contributed by atoms with E-state index in [1.807, 2.05) is 0 Å². The Hall–Kier alpha value is -2.30. The second-order valence-electron chi connectivity index (χ2n) is 6.50. The Morgan fingerprint density at radius 3 is 2.41 bits per heavy atom. The summed E-state index contributed by atoms with van der Waals surface area (Å²) in [6, 6.07) is 14.7. The van der Waals surface area contributed by atoms with Gasteiger partial charge >= 0.3 is 0 Å². The molecule has 2 heterocycles. The highest BCUT2D eigenvalue weighted by Gasteiger charge is 2.48. The molecule has 0 saturated carbocycles. The lowest BCUT2D eigenvalue weighted by Crippen LogP contribution is -2.36. The van der Waals surface area contributed by atoms with Gasteiger partial charge in [0.15, 0.2) is 5.03 Å². The monoisotopic (exact) mass is 493 g/mol. The Morgan fingerprint density at radius 2 is 1.79 bits per heavy atom. The van der Waals surface area contributed by atoms with Gasteiger partial charge in [-0.05, 0) is 29.8 Å². The van der Waals surface area contributed by atoms with Gasteiger partial charge in [-0.15, -0.1) is 0 Å². The van der Waals surface area contributed by atoms with Crippen molar-refractivity contribution in [1.29, 1.82) is 0 Å². The highest BCUT2D eigenvalue weighted by molar-refractivity contribution is 9.10. The number of hydrogen-bond donors (Lipinski definition) is 1. The topological polar surface area (TPSA) is 107 Å². The van der Waals surface area contributed by atoms with E-state index < -0.39 is 20.7 Å². The Morgan fingerprint density at radius 1 is 1.14 bits per heavy atom. The van der Waals surface area contributed by atoms with Crippen molar-refractivity contribution >= 4 is 37.5 Å². The lowest BCUT2D eigenvalue weighted by molar-refractivity contribution is -0.430. The molecule has 0 radical (unpaired) electrons. The number of nitrogens with zero attached hydrogens (tertiary/aromatic N) is 2. The maximum atomic E-state index is 13.6. The number of rotatable bonds is 4. The second-order valence-corrected chi connectivity index (χ2v) is 10.4. The van der Waals surface area contributed by atoms with Crippen LogP contribution in [0.4, 0.5) is 0 Å². The number of hydrogen-bond acceptors (Lipinski definition) is 7. The molecule has 1 fully saturated rings. The van der Waals surface area contributed by atoms with Gasteiger partial charge in [0, 0.05) is 16.8 Å². The predicted octanol–water partition coefficient (Wildman–Crippen LogP) is 3.64. The van der Waals surface area contributed by atoms with Crippen LogP contribution in [0.15, 0.2) is 85.4 Å². The fourth-order valence-corrected chi connectivity index (χ4v) is 6.68. The zero-order chi connectivity index (χ0) is 20.8. The van der Waals surface area contributed by atoms with Crippen molar-refractivity contribution in [2.45, 2.75) is 10.8 Å². The van der Waals surface area contributed by atoms with Crippen molar-refractivity contribution in [2.75, 3.05) is 12.3 Å². The largest absolute Gasteiger partial charge is 0.384 e. The molecule has 1 atom stereocenters. The normalized spacial score (nSPS) is 19.5. The Kier molecular flexibility index (Phi) is 5.18. The molecule has 0 spiro atoms. The van der Waals surface area contributed by atoms with Gasteiger partial charge in [-0.25, -0.2) is 8.42 Å². The molecule has 2 N–H and O–H groups in total. The van der Waals surface area contributed by atoms with E-state index in [0.717, 1.165) is 4.47 Å². The van der Waals surface area contributed by atoms with Gasteiger partial charge in [-0.3, -0.25) is 10.1 Å². The summed E-state index contributed by atoms with van der Waals surface area (Å²) in [6.07, 6.45) is 0. The zero-order valence-corrected chi connectivity index (χ0v) is 18.2. The minimum atomic E-state index is -4.07. The Balaban J connectivity index is 2.01. The molecule has 1 unspecified atom stereocenters. The zero-order valence-electron chi connectivity index (χ0n) is 15.0. The minimum absolute atomic E-state index is 0.0485. The number of sulfone groups is 1. The molecule has 2 aliphatic heterocycles. The summed E-state index contributed by atoms with van der Waals surface area (Å²) < 4.78 is 27.9. The average Bonchev–Trinajstić information content (AvgIpc) is 3.18. The van der Waals surface area contributed by atoms with Crippen LogP contribution in [-0.4, -0.2) is 30.5 Å². The molecule has 0 aliphatic carbocycles. The van der Waals surface area contributed by atoms with Crippen LogP contribution in [0.3, 0.4) is 0 Å². The molecule has 0 aromatic heterocycles. The van der Waals surface area contributed by atoms with Crippen molar-refractivity contribution in [2.24, 2.45) is 5.73 Å². The van der Waals surface area contributed by atoms with Crippen LogP contribution in [0.2, 0.25) is 0 Å². The summed E-state index contributed by atoms with van der Waals surface area (Å²) in [5.74, 6) is -0.452. The van der Waals surface area contributed by atoms with Gasteiger partial charge < -0.3 is 10.6 Å². The fourth-order valence-electron chi connectivity index (χ4n) is 3.55. The summed E-state index contributed by atoms with van der Waals surface area (Å²) in [5.41, 5.74) is 6.70. The lowest BCUT2D eigenvalue weighted by Gasteiger charge is -2.31. The summed E-state index contributed by atoms with van der Waals surface area (Å²) >= 11 is 4.67. The smallest absolute Gasteiger partial charge is 0.288 e. The molecular formula is C19H16BrN3O4S2. The van der Waals surface area contributed by atoms with Crippen molar-refractivity contribution < 1.29 is 13.3 Å². The molecular weight excluding hydrogens is 478 g/mol. The van der Waals surface area contributed by atoms with E-state index >= 15 is 0 Å². The van der Waals surface area contributed by atoms with Crippen LogP contribution in [0.25, 0.3) is 0 Å². The van der Waals surface area contributed by atoms with Crippen molar-refractivity contribution in [3.05, 3.63) is 96.2 Å². The molecule has 4 rings (SSSR count). The Bertz CT molecular complexity index is 1150. The quantitative estimate of drug-likeness (QED) is 0.511. The molecule has 7 nitrogen and oxygen atoms in total. The average molecular weight is 494 g/mol. The third kappa shape index (κ3) is 3.34. The molecule has 150 valence electrons. The first-order chi connectivity index (χ1) is 13.8. The van der Waals surface area contributed by atoms with Crippen molar-refractivity contribution in [3.63, 3.8) is 0 Å². The van der Waals surface area contributed by atoms with E-state index in [2.05, 4.69) is 15.9 Å². The van der Waals surface area contributed by atoms with Crippen molar-refractivity contribution in [3.8, 4) is 0 Å². The van der Waals surface area contributed by atoms with E-state index in [-0.39, 0.29) is 21.3 Å². The molecule has 2 aromatic rings. The SMILES string of the molecule is NC1=C(S(=O)(=O)c2ccccc2)C(c2ccc(Br)cc2)C([N+](=O)[O-])=C2SCCN12. The van der Waals surface area contributed by atoms with Crippen molar-refractivity contribution in [1.82, 2.24) is 4.90 Å². The summed E-state index contributed by atoms with van der Waals surface area (Å²) in [5, 5.41) is 12.5. The van der Waals surface area contributed by atoms with E-state index in [4.69, 9.17) is 5.73 Å². The second kappa shape index (κ2) is 7.51. The third-order valence-corrected chi connectivity index (χ3v) is 8.37. The maximum absolute atomic E-state index is 13.6. The van der Waals surface area contributed by atoms with Crippen LogP contribution in [0.5, 0.6) is 0 Å². The molecule has 29 heavy (non-hydrogen) atoms. The maximum Gasteiger partial charge on any atom is 0.288 e. The molecule has 2 aromatic carbocycles. The molecule has 10 heteroatoms. The molecule has 1 saturated heterocycles. The number of halogens is 1. The molecule has 0 bridgehead atoms. The van der Waals surface area contributed by atoms with Crippen LogP contribution >= 0.6 is 27.7 Å². The van der Waals surface area contributed by atoms with Gasteiger partial charge in [0.1, 0.15) is 16.6 Å². The van der Waals surface area contributed by atoms with E-state index in [0.29, 0.717) is 22.9 Å². The summed E-state index contributed by atoms with van der Waals surface area (Å²) in [4.78, 5) is 13.1. The van der Waals surface area contributed by atoms with E-state index in [9.17, 15) is 18.5 Å². The number of allylic oxidation sites excluding steroid dienone is 1. The van der Waals surface area contributed by atoms with Gasteiger partial charge in [0.05, 0.1) is 9.82 Å². The van der Waals surface area contributed by atoms with Crippen LogP contribution < -0.4 is 5.73 Å². The minimum Gasteiger partial charge on any atom is -0.384 e. The van der Waals surface area contributed by atoms with Gasteiger partial charge in [-0.2, -0.15) is 0 Å². The first-order valence-electron chi connectivity index (χ1n) is 8.66. The summed E-state index contributed by atoms with van der Waals surface area (Å²) in [7, 11) is -4.07. The third-order valence-electron chi connectivity index (χ3n) is 4.84. The molecule has 0 amide bonds. The number of nitrogens with two attached hydrogens (primary N) is 1. The number of nitro groups is 1. The predicted molar refractivity (Wildman–Crippen MR) is 115 cm³/mol.